The first-order valence-corrected chi connectivity index (χ1v) is 6.52. The summed E-state index contributed by atoms with van der Waals surface area (Å²) in [6.45, 7) is 1.38. The van der Waals surface area contributed by atoms with Gasteiger partial charge in [0.2, 0.25) is 0 Å². The summed E-state index contributed by atoms with van der Waals surface area (Å²) in [5, 5.41) is 18.4. The second-order valence-electron chi connectivity index (χ2n) is 4.90. The number of carbonyl (C=O) groups excluding carboxylic acids is 1. The Morgan fingerprint density at radius 3 is 2.76 bits per heavy atom. The molecule has 0 spiro atoms. The number of carbonyl (C=O) groups is 1. The molecule has 0 amide bonds. The quantitative estimate of drug-likeness (QED) is 0.644. The molecule has 0 aliphatic rings. The number of aromatic nitrogens is 2. The summed E-state index contributed by atoms with van der Waals surface area (Å²) < 4.78 is 0. The van der Waals surface area contributed by atoms with Gasteiger partial charge in [0.15, 0.2) is 5.78 Å². The molecule has 106 valence electrons. The highest BCUT2D eigenvalue weighted by Crippen LogP contribution is 2.26. The molecule has 0 fully saturated rings. The van der Waals surface area contributed by atoms with Crippen LogP contribution < -0.4 is 0 Å². The Balaban J connectivity index is 2.10. The monoisotopic (exact) mass is 282 g/mol. The van der Waals surface area contributed by atoms with Crippen molar-refractivity contribution in [2.45, 2.75) is 6.92 Å². The number of phenols is 1. The Labute approximate surface area is 120 Å². The third-order valence-corrected chi connectivity index (χ3v) is 3.41. The Morgan fingerprint density at radius 1 is 1.24 bits per heavy atom. The molecule has 1 aromatic heterocycles. The molecule has 3 N–H and O–H groups in total. The van der Waals surface area contributed by atoms with E-state index in [-0.39, 0.29) is 11.5 Å². The first kappa shape index (κ1) is 13.3. The molecule has 0 saturated carbocycles. The van der Waals surface area contributed by atoms with Gasteiger partial charge in [0, 0.05) is 11.1 Å². The summed E-state index contributed by atoms with van der Waals surface area (Å²) in [7, 11) is 0. The zero-order valence-electron chi connectivity index (χ0n) is 11.4. The van der Waals surface area contributed by atoms with Crippen molar-refractivity contribution in [1.29, 1.82) is 0 Å². The first-order chi connectivity index (χ1) is 10.1. The summed E-state index contributed by atoms with van der Waals surface area (Å²) in [5.74, 6) is 0.563. The van der Waals surface area contributed by atoms with Crippen LogP contribution in [-0.2, 0) is 0 Å². The minimum atomic E-state index is -0.510. The van der Waals surface area contributed by atoms with Crippen LogP contribution in [-0.4, -0.2) is 32.6 Å². The summed E-state index contributed by atoms with van der Waals surface area (Å²) in [4.78, 5) is 19.2. The number of ketones is 1. The van der Waals surface area contributed by atoms with Crippen molar-refractivity contribution in [1.82, 2.24) is 9.97 Å². The van der Waals surface area contributed by atoms with E-state index in [4.69, 9.17) is 5.11 Å². The standard InChI is InChI=1S/C16H14N2O3/c1-9-6-11(20)3-4-12(9)16-17-13-5-2-10(15(21)8-19)7-14(13)18-16/h2-7,19-20H,8H2,1H3,(H,17,18). The summed E-state index contributed by atoms with van der Waals surface area (Å²) in [6.07, 6.45) is 0. The predicted octanol–water partition coefficient (Wildman–Crippen LogP) is 2.42. The number of aliphatic hydroxyl groups is 1. The van der Waals surface area contributed by atoms with Gasteiger partial charge >= 0.3 is 0 Å². The number of nitrogens with zero attached hydrogens (tertiary/aromatic N) is 1. The van der Waals surface area contributed by atoms with Crippen molar-refractivity contribution in [2.75, 3.05) is 6.61 Å². The molecule has 0 aliphatic carbocycles. The van der Waals surface area contributed by atoms with E-state index in [0.717, 1.165) is 22.2 Å². The number of hydrogen-bond acceptors (Lipinski definition) is 4. The molecule has 21 heavy (non-hydrogen) atoms. The number of aromatic amines is 1. The molecule has 5 heteroatoms. The highest BCUT2D eigenvalue weighted by Gasteiger charge is 2.11. The minimum Gasteiger partial charge on any atom is -0.508 e. The van der Waals surface area contributed by atoms with Crippen LogP contribution in [0, 0.1) is 6.92 Å². The van der Waals surface area contributed by atoms with Gasteiger partial charge in [0.1, 0.15) is 18.2 Å². The SMILES string of the molecule is Cc1cc(O)ccc1-c1nc2ccc(C(=O)CO)cc2[nH]1. The number of aliphatic hydroxyl groups excluding tert-OH is 1. The van der Waals surface area contributed by atoms with Crippen molar-refractivity contribution in [3.63, 3.8) is 0 Å². The van der Waals surface area contributed by atoms with Gasteiger partial charge in [-0.3, -0.25) is 4.79 Å². The van der Waals surface area contributed by atoms with Gasteiger partial charge in [-0.05, 0) is 48.9 Å². The summed E-state index contributed by atoms with van der Waals surface area (Å²) in [5.41, 5.74) is 3.71. The molecule has 0 radical (unpaired) electrons. The lowest BCUT2D eigenvalue weighted by molar-refractivity contribution is 0.0904. The number of Topliss-reactive ketones (excluding diaryl/α,β-unsaturated/α-hetero) is 1. The second kappa shape index (κ2) is 5.03. The molecule has 3 rings (SSSR count). The fraction of sp³-hybridized carbons (Fsp3) is 0.125. The van der Waals surface area contributed by atoms with Crippen LogP contribution in [0.5, 0.6) is 5.75 Å². The van der Waals surface area contributed by atoms with Crippen LogP contribution in [0.4, 0.5) is 0 Å². The van der Waals surface area contributed by atoms with E-state index in [1.54, 1.807) is 36.4 Å². The van der Waals surface area contributed by atoms with E-state index in [0.29, 0.717) is 11.4 Å². The maximum atomic E-state index is 11.5. The fourth-order valence-electron chi connectivity index (χ4n) is 2.32. The number of hydrogen-bond donors (Lipinski definition) is 3. The maximum absolute atomic E-state index is 11.5. The van der Waals surface area contributed by atoms with E-state index in [9.17, 15) is 9.90 Å². The van der Waals surface area contributed by atoms with Gasteiger partial charge in [-0.1, -0.05) is 0 Å². The number of rotatable bonds is 3. The zero-order chi connectivity index (χ0) is 15.0. The molecule has 0 bridgehead atoms. The topological polar surface area (TPSA) is 86.2 Å². The Bertz CT molecular complexity index is 837. The zero-order valence-corrected chi connectivity index (χ0v) is 11.4. The molecular formula is C16H14N2O3. The van der Waals surface area contributed by atoms with Gasteiger partial charge in [0.25, 0.3) is 0 Å². The lowest BCUT2D eigenvalue weighted by Crippen LogP contribution is -2.03. The van der Waals surface area contributed by atoms with Gasteiger partial charge in [-0.2, -0.15) is 0 Å². The largest absolute Gasteiger partial charge is 0.508 e. The molecule has 1 heterocycles. The number of imidazole rings is 1. The normalized spacial score (nSPS) is 11.0. The van der Waals surface area contributed by atoms with E-state index in [1.807, 2.05) is 6.92 Å². The molecule has 0 saturated heterocycles. The summed E-state index contributed by atoms with van der Waals surface area (Å²) in [6, 6.07) is 10.1. The lowest BCUT2D eigenvalue weighted by Gasteiger charge is -2.02. The maximum Gasteiger partial charge on any atom is 0.188 e. The number of phenolic OH excluding ortho intramolecular Hbond substituents is 1. The van der Waals surface area contributed by atoms with Crippen molar-refractivity contribution in [3.05, 3.63) is 47.5 Å². The van der Waals surface area contributed by atoms with Crippen LogP contribution in [0.2, 0.25) is 0 Å². The molecule has 0 aliphatic heterocycles. The summed E-state index contributed by atoms with van der Waals surface area (Å²) >= 11 is 0. The van der Waals surface area contributed by atoms with Crippen LogP contribution in [0.1, 0.15) is 15.9 Å². The Morgan fingerprint density at radius 2 is 2.05 bits per heavy atom. The highest BCUT2D eigenvalue weighted by molar-refractivity contribution is 5.99. The third kappa shape index (κ3) is 2.39. The Hall–Kier alpha value is -2.66. The smallest absolute Gasteiger partial charge is 0.188 e. The van der Waals surface area contributed by atoms with E-state index in [1.165, 1.54) is 0 Å². The number of aryl methyl sites for hydroxylation is 1. The van der Waals surface area contributed by atoms with Crippen molar-refractivity contribution in [2.24, 2.45) is 0 Å². The van der Waals surface area contributed by atoms with Crippen LogP contribution >= 0.6 is 0 Å². The van der Waals surface area contributed by atoms with Gasteiger partial charge in [0.05, 0.1) is 11.0 Å². The average Bonchev–Trinajstić information content (AvgIpc) is 2.88. The highest BCUT2D eigenvalue weighted by atomic mass is 16.3. The van der Waals surface area contributed by atoms with E-state index >= 15 is 0 Å². The minimum absolute atomic E-state index is 0.211. The van der Waals surface area contributed by atoms with Crippen LogP contribution in [0.15, 0.2) is 36.4 Å². The number of benzene rings is 2. The van der Waals surface area contributed by atoms with Crippen LogP contribution in [0.25, 0.3) is 22.4 Å². The number of nitrogens with one attached hydrogen (secondary N) is 1. The van der Waals surface area contributed by atoms with Gasteiger partial charge < -0.3 is 15.2 Å². The fourth-order valence-corrected chi connectivity index (χ4v) is 2.32. The number of H-pyrrole nitrogens is 1. The number of fused-ring (bicyclic) bond motifs is 1. The van der Waals surface area contributed by atoms with Crippen molar-refractivity contribution in [3.8, 4) is 17.1 Å². The second-order valence-corrected chi connectivity index (χ2v) is 4.90. The number of aromatic hydroxyl groups is 1. The van der Waals surface area contributed by atoms with E-state index < -0.39 is 6.61 Å². The van der Waals surface area contributed by atoms with Crippen molar-refractivity contribution < 1.29 is 15.0 Å². The molecule has 0 unspecified atom stereocenters. The van der Waals surface area contributed by atoms with Gasteiger partial charge in [-0.25, -0.2) is 4.98 Å². The predicted molar refractivity (Wildman–Crippen MR) is 79.3 cm³/mol. The van der Waals surface area contributed by atoms with E-state index in [2.05, 4.69) is 9.97 Å². The van der Waals surface area contributed by atoms with Crippen molar-refractivity contribution >= 4 is 16.8 Å². The molecular weight excluding hydrogens is 268 g/mol. The lowest BCUT2D eigenvalue weighted by atomic mass is 10.1. The molecule has 0 atom stereocenters. The third-order valence-electron chi connectivity index (χ3n) is 3.41. The average molecular weight is 282 g/mol. The first-order valence-electron chi connectivity index (χ1n) is 6.52. The van der Waals surface area contributed by atoms with Gasteiger partial charge in [-0.15, -0.1) is 0 Å². The Kier molecular flexibility index (Phi) is 3.19. The molecule has 5 nitrogen and oxygen atoms in total. The molecule has 2 aromatic carbocycles. The molecule has 3 aromatic rings. The van der Waals surface area contributed by atoms with Crippen LogP contribution in [0.3, 0.4) is 0 Å².